The van der Waals surface area contributed by atoms with Gasteiger partial charge in [-0.3, -0.25) is 24.1 Å². The van der Waals surface area contributed by atoms with Crippen molar-refractivity contribution >= 4 is 29.5 Å². The molecule has 2 fully saturated rings. The molecule has 1 aromatic rings. The van der Waals surface area contributed by atoms with Gasteiger partial charge in [0.05, 0.1) is 37.9 Å². The Morgan fingerprint density at radius 1 is 1.31 bits per heavy atom. The molecular formula is C20H21N3O6. The maximum Gasteiger partial charge on any atom is 0.307 e. The lowest BCUT2D eigenvalue weighted by molar-refractivity contribution is -0.146. The first-order valence-electron chi connectivity index (χ1n) is 9.37. The zero-order valence-corrected chi connectivity index (χ0v) is 16.1. The number of likely N-dealkylation sites (tertiary alicyclic amines) is 1. The number of carbonyl (C=O) groups excluding carboxylic acids is 4. The van der Waals surface area contributed by atoms with E-state index in [0.29, 0.717) is 5.82 Å². The molecule has 0 saturated carbocycles. The molecule has 0 unspecified atom stereocenters. The molecule has 0 radical (unpaired) electrons. The number of ether oxygens (including phenoxy) is 2. The molecule has 9 heteroatoms. The lowest BCUT2D eigenvalue weighted by Crippen LogP contribution is -2.43. The highest BCUT2D eigenvalue weighted by Crippen LogP contribution is 2.53. The van der Waals surface area contributed by atoms with E-state index in [9.17, 15) is 19.2 Å². The van der Waals surface area contributed by atoms with Gasteiger partial charge in [0.25, 0.3) is 0 Å². The number of hydrogen-bond donors (Lipinski definition) is 1. The molecule has 2 saturated heterocycles. The predicted molar refractivity (Wildman–Crippen MR) is 99.3 cm³/mol. The van der Waals surface area contributed by atoms with Crippen LogP contribution in [-0.2, 0) is 28.7 Å². The van der Waals surface area contributed by atoms with E-state index in [0.717, 1.165) is 10.6 Å². The molecule has 4 rings (SSSR count). The number of nitrogens with one attached hydrogen (secondary N) is 1. The van der Waals surface area contributed by atoms with Gasteiger partial charge in [-0.1, -0.05) is 18.2 Å². The van der Waals surface area contributed by atoms with E-state index in [1.165, 1.54) is 7.11 Å². The minimum atomic E-state index is -1.17. The van der Waals surface area contributed by atoms with Crippen molar-refractivity contribution in [3.05, 3.63) is 36.0 Å². The number of pyridine rings is 1. The van der Waals surface area contributed by atoms with Crippen molar-refractivity contribution in [1.29, 1.82) is 0 Å². The second-order valence-corrected chi connectivity index (χ2v) is 7.44. The average molecular weight is 399 g/mol. The summed E-state index contributed by atoms with van der Waals surface area (Å²) < 4.78 is 10.5. The molecule has 3 aliphatic heterocycles. The first-order chi connectivity index (χ1) is 13.8. The molecule has 1 aromatic heterocycles. The Labute approximate surface area is 167 Å². The number of aromatic nitrogens is 1. The zero-order valence-electron chi connectivity index (χ0n) is 16.1. The van der Waals surface area contributed by atoms with E-state index < -0.39 is 35.4 Å². The van der Waals surface area contributed by atoms with Crippen LogP contribution in [0, 0.1) is 18.8 Å². The SMILES string of the molecule is COC(=O)CCN1C(=O)[C@H]2[C@@H](C1=O)[C@]1(CC(=O)Nc3cccc(C)n3)C=C[C@H]2O1. The predicted octanol–water partition coefficient (Wildman–Crippen LogP) is 0.590. The zero-order chi connectivity index (χ0) is 20.8. The summed E-state index contributed by atoms with van der Waals surface area (Å²) in [5.74, 6) is -2.69. The molecular weight excluding hydrogens is 378 g/mol. The standard InChI is InChI=1S/C20H21N3O6/c1-11-4-3-5-13(21-11)22-14(24)10-20-8-6-12(29-20)16-17(20)19(27)23(18(16)26)9-7-15(25)28-2/h3-6,8,12,16-17H,7,9-10H2,1-2H3,(H,21,22,24)/t12-,16-,17+,20-/m1/s1. The Morgan fingerprint density at radius 2 is 2.10 bits per heavy atom. The van der Waals surface area contributed by atoms with Crippen LogP contribution >= 0.6 is 0 Å². The Hall–Kier alpha value is -3.07. The van der Waals surface area contributed by atoms with Gasteiger partial charge in [-0.15, -0.1) is 0 Å². The number of carbonyl (C=O) groups is 4. The van der Waals surface area contributed by atoms with Crippen LogP contribution in [-0.4, -0.2) is 58.9 Å². The summed E-state index contributed by atoms with van der Waals surface area (Å²) in [6, 6.07) is 5.27. The van der Waals surface area contributed by atoms with Crippen LogP contribution in [0.25, 0.3) is 0 Å². The largest absolute Gasteiger partial charge is 0.469 e. The van der Waals surface area contributed by atoms with Crippen molar-refractivity contribution in [2.45, 2.75) is 31.5 Å². The van der Waals surface area contributed by atoms with Gasteiger partial charge in [-0.25, -0.2) is 4.98 Å². The van der Waals surface area contributed by atoms with E-state index in [1.54, 1.807) is 24.3 Å². The van der Waals surface area contributed by atoms with Crippen LogP contribution in [0.2, 0.25) is 0 Å². The molecule has 4 atom stereocenters. The minimum Gasteiger partial charge on any atom is -0.469 e. The normalized spacial score (nSPS) is 29.3. The number of aryl methyl sites for hydroxylation is 1. The van der Waals surface area contributed by atoms with E-state index in [-0.39, 0.29) is 31.2 Å². The molecule has 0 spiro atoms. The Bertz CT molecular complexity index is 929. The summed E-state index contributed by atoms with van der Waals surface area (Å²) in [5.41, 5.74) is -0.410. The maximum atomic E-state index is 13.0. The van der Waals surface area contributed by atoms with Crippen molar-refractivity contribution in [3.63, 3.8) is 0 Å². The van der Waals surface area contributed by atoms with Crippen molar-refractivity contribution in [2.24, 2.45) is 11.8 Å². The summed E-state index contributed by atoms with van der Waals surface area (Å²) in [6.45, 7) is 1.77. The third-order valence-corrected chi connectivity index (χ3v) is 5.61. The van der Waals surface area contributed by atoms with Crippen LogP contribution in [0.5, 0.6) is 0 Å². The number of amides is 3. The third-order valence-electron chi connectivity index (χ3n) is 5.61. The smallest absolute Gasteiger partial charge is 0.307 e. The van der Waals surface area contributed by atoms with Crippen molar-refractivity contribution in [3.8, 4) is 0 Å². The second-order valence-electron chi connectivity index (χ2n) is 7.44. The molecule has 4 heterocycles. The molecule has 9 nitrogen and oxygen atoms in total. The maximum absolute atomic E-state index is 13.0. The average Bonchev–Trinajstić information content (AvgIpc) is 3.30. The van der Waals surface area contributed by atoms with Gasteiger partial charge >= 0.3 is 5.97 Å². The van der Waals surface area contributed by atoms with Crippen LogP contribution in [0.4, 0.5) is 5.82 Å². The molecule has 1 N–H and O–H groups in total. The quantitative estimate of drug-likeness (QED) is 0.423. The number of anilines is 1. The summed E-state index contributed by atoms with van der Waals surface area (Å²) in [4.78, 5) is 55.1. The number of methoxy groups -OCH3 is 1. The van der Waals surface area contributed by atoms with Crippen LogP contribution < -0.4 is 5.32 Å². The molecule has 0 aliphatic carbocycles. The highest BCUT2D eigenvalue weighted by molar-refractivity contribution is 6.08. The number of hydrogen-bond acceptors (Lipinski definition) is 7. The number of nitrogens with zero attached hydrogens (tertiary/aromatic N) is 2. The molecule has 3 amide bonds. The van der Waals surface area contributed by atoms with Gasteiger partial charge in [0.1, 0.15) is 11.4 Å². The van der Waals surface area contributed by atoms with Crippen LogP contribution in [0.3, 0.4) is 0 Å². The van der Waals surface area contributed by atoms with E-state index in [2.05, 4.69) is 15.0 Å². The number of rotatable bonds is 6. The first-order valence-corrected chi connectivity index (χ1v) is 9.37. The van der Waals surface area contributed by atoms with Crippen LogP contribution in [0.1, 0.15) is 18.5 Å². The number of imide groups is 1. The van der Waals surface area contributed by atoms with Gasteiger partial charge in [0, 0.05) is 12.2 Å². The molecule has 152 valence electrons. The van der Waals surface area contributed by atoms with E-state index in [4.69, 9.17) is 4.74 Å². The minimum absolute atomic E-state index is 0.0421. The van der Waals surface area contributed by atoms with Gasteiger partial charge in [0.15, 0.2) is 0 Å². The van der Waals surface area contributed by atoms with Gasteiger partial charge in [-0.05, 0) is 19.1 Å². The summed E-state index contributed by atoms with van der Waals surface area (Å²) in [5, 5.41) is 2.72. The van der Waals surface area contributed by atoms with Gasteiger partial charge in [-0.2, -0.15) is 0 Å². The van der Waals surface area contributed by atoms with Crippen molar-refractivity contribution < 1.29 is 28.7 Å². The Balaban J connectivity index is 1.50. The number of esters is 1. The lowest BCUT2D eigenvalue weighted by Gasteiger charge is -2.28. The fourth-order valence-electron chi connectivity index (χ4n) is 4.34. The summed E-state index contributed by atoms with van der Waals surface area (Å²) >= 11 is 0. The van der Waals surface area contributed by atoms with E-state index in [1.807, 2.05) is 13.0 Å². The summed E-state index contributed by atoms with van der Waals surface area (Å²) in [6.07, 6.45) is 2.70. The topological polar surface area (TPSA) is 115 Å². The molecule has 3 aliphatic rings. The van der Waals surface area contributed by atoms with Crippen LogP contribution in [0.15, 0.2) is 30.4 Å². The lowest BCUT2D eigenvalue weighted by atomic mass is 9.75. The Morgan fingerprint density at radius 3 is 2.83 bits per heavy atom. The van der Waals surface area contributed by atoms with Gasteiger partial charge in [0.2, 0.25) is 17.7 Å². The highest BCUT2D eigenvalue weighted by atomic mass is 16.5. The monoisotopic (exact) mass is 399 g/mol. The molecule has 2 bridgehead atoms. The van der Waals surface area contributed by atoms with E-state index >= 15 is 0 Å². The highest BCUT2D eigenvalue weighted by Gasteiger charge is 2.67. The summed E-state index contributed by atoms with van der Waals surface area (Å²) in [7, 11) is 1.25. The molecule has 29 heavy (non-hydrogen) atoms. The molecule has 0 aromatic carbocycles. The Kier molecular flexibility index (Phi) is 4.70. The second kappa shape index (κ2) is 7.07. The van der Waals surface area contributed by atoms with Crippen molar-refractivity contribution in [1.82, 2.24) is 9.88 Å². The third kappa shape index (κ3) is 3.21. The number of fused-ring (bicyclic) bond motifs is 5. The van der Waals surface area contributed by atoms with Crippen molar-refractivity contribution in [2.75, 3.05) is 19.0 Å². The van der Waals surface area contributed by atoms with Gasteiger partial charge < -0.3 is 14.8 Å². The first kappa shape index (κ1) is 19.3. The fraction of sp³-hybridized carbons (Fsp3) is 0.450. The fourth-order valence-corrected chi connectivity index (χ4v) is 4.34.